The van der Waals surface area contributed by atoms with Gasteiger partial charge in [-0.25, -0.2) is 5.43 Å². The molecule has 2 aromatic rings. The van der Waals surface area contributed by atoms with Gasteiger partial charge in [-0.2, -0.15) is 0 Å². The van der Waals surface area contributed by atoms with Crippen molar-refractivity contribution in [1.82, 2.24) is 10.4 Å². The molecule has 0 saturated heterocycles. The molecule has 2 rings (SSSR count). The van der Waals surface area contributed by atoms with Crippen LogP contribution in [0.1, 0.15) is 17.3 Å². The molecule has 6 heteroatoms. The number of aromatic nitrogens is 1. The fraction of sp³-hybridized carbons (Fsp3) is 0.214. The molecule has 0 aliphatic heterocycles. The molecule has 0 fully saturated rings. The SMILES string of the molecule is COc1cccc(OC)c1C(NN)c1ncccc1Cl. The molecule has 1 aromatic carbocycles. The monoisotopic (exact) mass is 293 g/mol. The zero-order valence-corrected chi connectivity index (χ0v) is 12.0. The van der Waals surface area contributed by atoms with E-state index in [1.165, 1.54) is 0 Å². The Bertz CT molecular complexity index is 570. The molecule has 20 heavy (non-hydrogen) atoms. The topological polar surface area (TPSA) is 69.4 Å². The van der Waals surface area contributed by atoms with E-state index < -0.39 is 6.04 Å². The third kappa shape index (κ3) is 2.70. The van der Waals surface area contributed by atoms with E-state index in [-0.39, 0.29) is 0 Å². The number of methoxy groups -OCH3 is 2. The van der Waals surface area contributed by atoms with Crippen LogP contribution < -0.4 is 20.7 Å². The number of benzene rings is 1. The summed E-state index contributed by atoms with van der Waals surface area (Å²) in [6.07, 6.45) is 1.66. The second-order valence-electron chi connectivity index (χ2n) is 4.05. The van der Waals surface area contributed by atoms with Gasteiger partial charge in [-0.3, -0.25) is 10.8 Å². The fourth-order valence-corrected chi connectivity index (χ4v) is 2.30. The summed E-state index contributed by atoms with van der Waals surface area (Å²) < 4.78 is 10.8. The van der Waals surface area contributed by atoms with E-state index in [4.69, 9.17) is 26.9 Å². The van der Waals surface area contributed by atoms with E-state index in [2.05, 4.69) is 10.4 Å². The number of hydrazine groups is 1. The number of nitrogens with two attached hydrogens (primary N) is 1. The summed E-state index contributed by atoms with van der Waals surface area (Å²) in [4.78, 5) is 4.29. The Balaban J connectivity index is 2.60. The van der Waals surface area contributed by atoms with Crippen molar-refractivity contribution in [3.63, 3.8) is 0 Å². The van der Waals surface area contributed by atoms with Gasteiger partial charge in [0.05, 0.1) is 36.5 Å². The lowest BCUT2D eigenvalue weighted by Gasteiger charge is -2.21. The van der Waals surface area contributed by atoms with Crippen LogP contribution in [0.15, 0.2) is 36.5 Å². The van der Waals surface area contributed by atoms with Crippen LogP contribution in [0.3, 0.4) is 0 Å². The molecule has 0 aliphatic rings. The van der Waals surface area contributed by atoms with Crippen molar-refractivity contribution in [3.8, 4) is 11.5 Å². The molecular weight excluding hydrogens is 278 g/mol. The van der Waals surface area contributed by atoms with E-state index in [1.54, 1.807) is 32.5 Å². The first-order chi connectivity index (χ1) is 9.72. The van der Waals surface area contributed by atoms with Crippen molar-refractivity contribution in [1.29, 1.82) is 0 Å². The largest absolute Gasteiger partial charge is 0.496 e. The molecule has 1 unspecified atom stereocenters. The van der Waals surface area contributed by atoms with E-state index in [0.29, 0.717) is 22.2 Å². The molecule has 0 radical (unpaired) electrons. The Morgan fingerprint density at radius 1 is 1.15 bits per heavy atom. The van der Waals surface area contributed by atoms with Crippen LogP contribution >= 0.6 is 11.6 Å². The third-order valence-corrected chi connectivity index (χ3v) is 3.30. The fourth-order valence-electron chi connectivity index (χ4n) is 2.07. The van der Waals surface area contributed by atoms with Gasteiger partial charge in [0.15, 0.2) is 0 Å². The minimum Gasteiger partial charge on any atom is -0.496 e. The number of nitrogens with one attached hydrogen (secondary N) is 1. The minimum absolute atomic E-state index is 0.435. The first-order valence-electron chi connectivity index (χ1n) is 6.00. The van der Waals surface area contributed by atoms with Crippen molar-refractivity contribution in [2.45, 2.75) is 6.04 Å². The minimum atomic E-state index is -0.435. The summed E-state index contributed by atoms with van der Waals surface area (Å²) in [5.74, 6) is 6.99. The summed E-state index contributed by atoms with van der Waals surface area (Å²) in [5, 5.41) is 0.517. The van der Waals surface area contributed by atoms with Crippen LogP contribution in [0.5, 0.6) is 11.5 Å². The second kappa shape index (κ2) is 6.56. The molecule has 0 saturated carbocycles. The highest BCUT2D eigenvalue weighted by Gasteiger charge is 2.24. The average molecular weight is 294 g/mol. The van der Waals surface area contributed by atoms with Crippen molar-refractivity contribution in [2.75, 3.05) is 14.2 Å². The highest BCUT2D eigenvalue weighted by Crippen LogP contribution is 2.38. The predicted molar refractivity (Wildman–Crippen MR) is 78.0 cm³/mol. The van der Waals surface area contributed by atoms with Gasteiger partial charge in [-0.1, -0.05) is 17.7 Å². The normalized spacial score (nSPS) is 12.0. The van der Waals surface area contributed by atoms with Gasteiger partial charge >= 0.3 is 0 Å². The number of pyridine rings is 1. The smallest absolute Gasteiger partial charge is 0.127 e. The second-order valence-corrected chi connectivity index (χ2v) is 4.45. The van der Waals surface area contributed by atoms with Crippen LogP contribution in [0.4, 0.5) is 0 Å². The molecule has 1 aromatic heterocycles. The van der Waals surface area contributed by atoms with E-state index >= 15 is 0 Å². The van der Waals surface area contributed by atoms with Gasteiger partial charge in [0.25, 0.3) is 0 Å². The summed E-state index contributed by atoms with van der Waals surface area (Å²) in [6, 6.07) is 8.59. The van der Waals surface area contributed by atoms with Gasteiger partial charge in [0, 0.05) is 6.20 Å². The Hall–Kier alpha value is -1.82. The van der Waals surface area contributed by atoms with Crippen LogP contribution in [0.25, 0.3) is 0 Å². The van der Waals surface area contributed by atoms with Crippen molar-refractivity contribution < 1.29 is 9.47 Å². The molecule has 5 nitrogen and oxygen atoms in total. The molecule has 1 heterocycles. The summed E-state index contributed by atoms with van der Waals surface area (Å²) >= 11 is 6.20. The van der Waals surface area contributed by atoms with E-state index in [1.807, 2.05) is 18.2 Å². The first kappa shape index (κ1) is 14.6. The first-order valence-corrected chi connectivity index (χ1v) is 6.38. The lowest BCUT2D eigenvalue weighted by molar-refractivity contribution is 0.376. The van der Waals surface area contributed by atoms with Gasteiger partial charge < -0.3 is 9.47 Å². The predicted octanol–water partition coefficient (Wildman–Crippen LogP) is 2.30. The Morgan fingerprint density at radius 2 is 1.80 bits per heavy atom. The molecule has 0 spiro atoms. The zero-order valence-electron chi connectivity index (χ0n) is 11.3. The highest BCUT2D eigenvalue weighted by atomic mass is 35.5. The van der Waals surface area contributed by atoms with Crippen molar-refractivity contribution in [2.24, 2.45) is 5.84 Å². The summed E-state index contributed by atoms with van der Waals surface area (Å²) in [7, 11) is 3.18. The molecule has 0 aliphatic carbocycles. The van der Waals surface area contributed by atoms with Gasteiger partial charge in [-0.15, -0.1) is 0 Å². The number of hydrogen-bond donors (Lipinski definition) is 2. The molecule has 0 bridgehead atoms. The Labute approximate surface area is 122 Å². The van der Waals surface area contributed by atoms with Crippen LogP contribution in [0, 0.1) is 0 Å². The van der Waals surface area contributed by atoms with E-state index in [9.17, 15) is 0 Å². The molecule has 3 N–H and O–H groups in total. The van der Waals surface area contributed by atoms with Crippen LogP contribution in [-0.4, -0.2) is 19.2 Å². The summed E-state index contributed by atoms with van der Waals surface area (Å²) in [5.41, 5.74) is 4.08. The maximum atomic E-state index is 6.20. The zero-order chi connectivity index (χ0) is 14.5. The average Bonchev–Trinajstić information content (AvgIpc) is 2.49. The maximum absolute atomic E-state index is 6.20. The molecular formula is C14H16ClN3O2. The molecule has 1 atom stereocenters. The molecule has 0 amide bonds. The standard InChI is InChI=1S/C14H16ClN3O2/c1-19-10-6-3-7-11(20-2)12(10)14(18-16)13-9(15)5-4-8-17-13/h3-8,14,18H,16H2,1-2H3. The quantitative estimate of drug-likeness (QED) is 0.654. The highest BCUT2D eigenvalue weighted by molar-refractivity contribution is 6.31. The maximum Gasteiger partial charge on any atom is 0.127 e. The van der Waals surface area contributed by atoms with Gasteiger partial charge in [0.1, 0.15) is 11.5 Å². The van der Waals surface area contributed by atoms with Crippen LogP contribution in [-0.2, 0) is 0 Å². The number of hydrogen-bond acceptors (Lipinski definition) is 5. The number of halogens is 1. The third-order valence-electron chi connectivity index (χ3n) is 2.98. The Morgan fingerprint density at radius 3 is 2.30 bits per heavy atom. The lowest BCUT2D eigenvalue weighted by atomic mass is 10.0. The lowest BCUT2D eigenvalue weighted by Crippen LogP contribution is -2.30. The van der Waals surface area contributed by atoms with Gasteiger partial charge in [0.2, 0.25) is 0 Å². The number of rotatable bonds is 5. The van der Waals surface area contributed by atoms with Crippen molar-refractivity contribution >= 4 is 11.6 Å². The number of nitrogens with zero attached hydrogens (tertiary/aromatic N) is 1. The summed E-state index contributed by atoms with van der Waals surface area (Å²) in [6.45, 7) is 0. The Kier molecular flexibility index (Phi) is 4.79. The number of ether oxygens (including phenoxy) is 2. The van der Waals surface area contributed by atoms with Crippen molar-refractivity contribution in [3.05, 3.63) is 52.8 Å². The van der Waals surface area contributed by atoms with E-state index in [0.717, 1.165) is 5.56 Å². The van der Waals surface area contributed by atoms with Crippen LogP contribution in [0.2, 0.25) is 5.02 Å². The van der Waals surface area contributed by atoms with Gasteiger partial charge in [-0.05, 0) is 24.3 Å². The molecule has 106 valence electrons.